The van der Waals surface area contributed by atoms with Crippen LogP contribution in [0, 0.1) is 0 Å². The highest BCUT2D eigenvalue weighted by Crippen LogP contribution is 2.01. The molecule has 0 aliphatic heterocycles. The van der Waals surface area contributed by atoms with Crippen molar-refractivity contribution >= 4 is 12.1 Å². The summed E-state index contributed by atoms with van der Waals surface area (Å²) < 4.78 is 4.96. The number of carbonyl (C=O) groups excluding carboxylic acids is 1. The van der Waals surface area contributed by atoms with Gasteiger partial charge in [0, 0.05) is 0 Å². The van der Waals surface area contributed by atoms with E-state index in [9.17, 15) is 9.59 Å². The zero-order valence-corrected chi connectivity index (χ0v) is 11.5. The van der Waals surface area contributed by atoms with E-state index in [-0.39, 0.29) is 6.61 Å². The van der Waals surface area contributed by atoms with Gasteiger partial charge < -0.3 is 9.84 Å². The second-order valence-electron chi connectivity index (χ2n) is 4.36. The Morgan fingerprint density at radius 1 is 1.30 bits per heavy atom. The smallest absolute Gasteiger partial charge is 0.421 e. The van der Waals surface area contributed by atoms with Gasteiger partial charge in [0.15, 0.2) is 0 Å². The fraction of sp³-hybridized carbons (Fsp3) is 0.429. The third kappa shape index (κ3) is 6.19. The van der Waals surface area contributed by atoms with E-state index in [0.717, 1.165) is 18.4 Å². The molecular formula is C14H20N2O4. The number of amides is 1. The molecule has 20 heavy (non-hydrogen) atoms. The predicted octanol–water partition coefficient (Wildman–Crippen LogP) is 2.06. The van der Waals surface area contributed by atoms with Crippen LogP contribution in [0.2, 0.25) is 0 Å². The average molecular weight is 280 g/mol. The molecule has 1 aromatic rings. The van der Waals surface area contributed by atoms with Gasteiger partial charge in [0.2, 0.25) is 0 Å². The molecule has 1 unspecified atom stereocenters. The molecule has 6 nitrogen and oxygen atoms in total. The first-order valence-electron chi connectivity index (χ1n) is 6.58. The third-order valence-electron chi connectivity index (χ3n) is 2.71. The van der Waals surface area contributed by atoms with Crippen molar-refractivity contribution in [2.24, 2.45) is 0 Å². The van der Waals surface area contributed by atoms with Crippen molar-refractivity contribution in [1.82, 2.24) is 10.9 Å². The van der Waals surface area contributed by atoms with Gasteiger partial charge in [-0.25, -0.2) is 10.2 Å². The highest BCUT2D eigenvalue weighted by molar-refractivity contribution is 5.74. The van der Waals surface area contributed by atoms with Crippen molar-refractivity contribution in [3.8, 4) is 0 Å². The first-order valence-corrected chi connectivity index (χ1v) is 6.58. The lowest BCUT2D eigenvalue weighted by molar-refractivity contribution is -0.139. The lowest BCUT2D eigenvalue weighted by Crippen LogP contribution is -2.48. The van der Waals surface area contributed by atoms with E-state index in [2.05, 4.69) is 10.9 Å². The number of aliphatic carboxylic acids is 1. The molecule has 0 heterocycles. The Kier molecular flexibility index (Phi) is 7.13. The maximum atomic E-state index is 11.4. The first kappa shape index (κ1) is 16.0. The van der Waals surface area contributed by atoms with Gasteiger partial charge in [-0.15, -0.1) is 0 Å². The van der Waals surface area contributed by atoms with Crippen LogP contribution in [0.5, 0.6) is 0 Å². The van der Waals surface area contributed by atoms with Crippen molar-refractivity contribution in [2.75, 3.05) is 0 Å². The average Bonchev–Trinajstić information content (AvgIpc) is 2.46. The minimum absolute atomic E-state index is 0.140. The van der Waals surface area contributed by atoms with Gasteiger partial charge in [-0.3, -0.25) is 10.2 Å². The van der Waals surface area contributed by atoms with Crippen molar-refractivity contribution in [3.05, 3.63) is 35.9 Å². The van der Waals surface area contributed by atoms with Gasteiger partial charge >= 0.3 is 12.1 Å². The fourth-order valence-corrected chi connectivity index (χ4v) is 1.57. The summed E-state index contributed by atoms with van der Waals surface area (Å²) in [6, 6.07) is 8.43. The van der Waals surface area contributed by atoms with Crippen molar-refractivity contribution < 1.29 is 19.4 Å². The number of hydrogen-bond acceptors (Lipinski definition) is 4. The first-order chi connectivity index (χ1) is 9.63. The number of carboxylic acid groups (broad SMARTS) is 1. The third-order valence-corrected chi connectivity index (χ3v) is 2.71. The molecule has 0 aliphatic carbocycles. The molecule has 3 N–H and O–H groups in total. The molecule has 1 atom stereocenters. The molecule has 0 spiro atoms. The summed E-state index contributed by atoms with van der Waals surface area (Å²) in [6.45, 7) is 2.11. The molecule has 6 heteroatoms. The van der Waals surface area contributed by atoms with Gasteiger partial charge in [0.1, 0.15) is 12.6 Å². The molecule has 0 fully saturated rings. The topological polar surface area (TPSA) is 87.7 Å². The van der Waals surface area contributed by atoms with Crippen molar-refractivity contribution in [2.45, 2.75) is 38.8 Å². The van der Waals surface area contributed by atoms with E-state index in [0.29, 0.717) is 6.42 Å². The maximum absolute atomic E-state index is 11.4. The molecule has 0 radical (unpaired) electrons. The van der Waals surface area contributed by atoms with E-state index in [4.69, 9.17) is 9.84 Å². The van der Waals surface area contributed by atoms with E-state index < -0.39 is 18.1 Å². The van der Waals surface area contributed by atoms with Crippen LogP contribution >= 0.6 is 0 Å². The minimum atomic E-state index is -0.998. The fourth-order valence-electron chi connectivity index (χ4n) is 1.57. The standard InChI is InChI=1S/C14H20N2O4/c1-2-3-9-12(13(17)18)15-16-14(19)20-10-11-7-5-4-6-8-11/h4-8,12,15H,2-3,9-10H2,1H3,(H,16,19)(H,17,18). The van der Waals surface area contributed by atoms with Crippen molar-refractivity contribution in [3.63, 3.8) is 0 Å². The number of hydrogen-bond donors (Lipinski definition) is 3. The van der Waals surface area contributed by atoms with Crippen LogP contribution in [0.15, 0.2) is 30.3 Å². The Morgan fingerprint density at radius 2 is 2.00 bits per heavy atom. The number of unbranched alkanes of at least 4 members (excludes halogenated alkanes) is 1. The van der Waals surface area contributed by atoms with Gasteiger partial charge in [0.25, 0.3) is 0 Å². The number of benzene rings is 1. The number of ether oxygens (including phenoxy) is 1. The summed E-state index contributed by atoms with van der Waals surface area (Å²) in [7, 11) is 0. The molecular weight excluding hydrogens is 260 g/mol. The van der Waals surface area contributed by atoms with Crippen LogP contribution in [-0.4, -0.2) is 23.2 Å². The van der Waals surface area contributed by atoms with Gasteiger partial charge in [-0.2, -0.15) is 0 Å². The van der Waals surface area contributed by atoms with Crippen LogP contribution in [0.4, 0.5) is 4.79 Å². The highest BCUT2D eigenvalue weighted by Gasteiger charge is 2.17. The van der Waals surface area contributed by atoms with Crippen LogP contribution < -0.4 is 10.9 Å². The molecule has 110 valence electrons. The van der Waals surface area contributed by atoms with E-state index in [1.54, 1.807) is 0 Å². The Balaban J connectivity index is 2.29. The summed E-state index contributed by atoms with van der Waals surface area (Å²) >= 11 is 0. The molecule has 0 bridgehead atoms. The summed E-state index contributed by atoms with van der Waals surface area (Å²) in [4.78, 5) is 22.4. The Hall–Kier alpha value is -2.08. The number of carbonyl (C=O) groups is 2. The quantitative estimate of drug-likeness (QED) is 0.634. The molecule has 1 amide bonds. The van der Waals surface area contributed by atoms with Crippen LogP contribution in [0.25, 0.3) is 0 Å². The van der Waals surface area contributed by atoms with Gasteiger partial charge in [-0.05, 0) is 12.0 Å². The Morgan fingerprint density at radius 3 is 2.60 bits per heavy atom. The number of nitrogens with one attached hydrogen (secondary N) is 2. The molecule has 0 saturated heterocycles. The normalized spacial score (nSPS) is 11.7. The van der Waals surface area contributed by atoms with Crippen molar-refractivity contribution in [1.29, 1.82) is 0 Å². The van der Waals surface area contributed by atoms with E-state index in [1.165, 1.54) is 0 Å². The Labute approximate surface area is 118 Å². The molecule has 0 saturated carbocycles. The lowest BCUT2D eigenvalue weighted by atomic mass is 10.1. The highest BCUT2D eigenvalue weighted by atomic mass is 16.6. The lowest BCUT2D eigenvalue weighted by Gasteiger charge is -2.14. The molecule has 1 rings (SSSR count). The SMILES string of the molecule is CCCCC(NNC(=O)OCc1ccccc1)C(=O)O. The zero-order chi connectivity index (χ0) is 14.8. The Bertz CT molecular complexity index is 422. The second kappa shape index (κ2) is 8.92. The van der Waals surface area contributed by atoms with Gasteiger partial charge in [-0.1, -0.05) is 50.1 Å². The van der Waals surface area contributed by atoms with Crippen LogP contribution in [-0.2, 0) is 16.1 Å². The van der Waals surface area contributed by atoms with Crippen LogP contribution in [0.3, 0.4) is 0 Å². The summed E-state index contributed by atoms with van der Waals surface area (Å²) in [5.41, 5.74) is 5.58. The maximum Gasteiger partial charge on any atom is 0.421 e. The van der Waals surface area contributed by atoms with E-state index >= 15 is 0 Å². The monoisotopic (exact) mass is 280 g/mol. The van der Waals surface area contributed by atoms with E-state index in [1.807, 2.05) is 37.3 Å². The largest absolute Gasteiger partial charge is 0.480 e. The summed E-state index contributed by atoms with van der Waals surface area (Å²) in [5.74, 6) is -0.998. The summed E-state index contributed by atoms with van der Waals surface area (Å²) in [5, 5.41) is 8.97. The molecule has 1 aromatic carbocycles. The summed E-state index contributed by atoms with van der Waals surface area (Å²) in [6.07, 6.45) is 1.41. The predicted molar refractivity (Wildman–Crippen MR) is 73.8 cm³/mol. The molecule has 0 aliphatic rings. The second-order valence-corrected chi connectivity index (χ2v) is 4.36. The minimum Gasteiger partial charge on any atom is -0.480 e. The number of hydrazine groups is 1. The number of rotatable bonds is 8. The molecule has 0 aromatic heterocycles. The van der Waals surface area contributed by atoms with Crippen LogP contribution in [0.1, 0.15) is 31.7 Å². The zero-order valence-electron chi connectivity index (χ0n) is 11.5. The van der Waals surface area contributed by atoms with Gasteiger partial charge in [0.05, 0.1) is 0 Å². The number of carboxylic acids is 1.